The molecule has 5 heteroatoms. The van der Waals surface area contributed by atoms with Crippen LogP contribution in [0.15, 0.2) is 18.2 Å². The van der Waals surface area contributed by atoms with Crippen molar-refractivity contribution in [2.24, 2.45) is 0 Å². The van der Waals surface area contributed by atoms with Crippen molar-refractivity contribution in [3.05, 3.63) is 24.0 Å². The van der Waals surface area contributed by atoms with Crippen LogP contribution in [0.2, 0.25) is 0 Å². The first-order valence-electron chi connectivity index (χ1n) is 5.92. The topological polar surface area (TPSA) is 60.0 Å². The third-order valence-corrected chi connectivity index (χ3v) is 2.67. The Balaban J connectivity index is 2.40. The number of benzene rings is 1. The van der Waals surface area contributed by atoms with Crippen molar-refractivity contribution < 1.29 is 9.47 Å². The number of rotatable bonds is 5. The highest BCUT2D eigenvalue weighted by molar-refractivity contribution is 5.66. The van der Waals surface area contributed by atoms with Gasteiger partial charge in [-0.2, -0.15) is 5.10 Å². The van der Waals surface area contributed by atoms with E-state index in [0.717, 1.165) is 35.7 Å². The summed E-state index contributed by atoms with van der Waals surface area (Å²) in [5.74, 6) is 3.01. The fourth-order valence-corrected chi connectivity index (χ4v) is 1.75. The van der Waals surface area contributed by atoms with Crippen molar-refractivity contribution in [3.63, 3.8) is 0 Å². The number of H-pyrrole nitrogens is 1. The number of nitrogens with one attached hydrogen (secondary N) is 1. The van der Waals surface area contributed by atoms with Gasteiger partial charge in [-0.3, -0.25) is 5.10 Å². The lowest BCUT2D eigenvalue weighted by molar-refractivity contribution is 0.404. The standard InChI is InChI=1S/C13H17N3O2/c1-4-5-12-14-13(16-15-12)10-8-9(17-2)6-7-11(10)18-3/h6-8H,4-5H2,1-3H3,(H,14,15,16). The molecule has 96 valence electrons. The maximum absolute atomic E-state index is 5.32. The number of hydrogen-bond donors (Lipinski definition) is 1. The molecule has 5 nitrogen and oxygen atoms in total. The Morgan fingerprint density at radius 1 is 1.22 bits per heavy atom. The molecule has 0 radical (unpaired) electrons. The van der Waals surface area contributed by atoms with Crippen LogP contribution in [0.25, 0.3) is 11.4 Å². The second-order valence-corrected chi connectivity index (χ2v) is 3.92. The van der Waals surface area contributed by atoms with Crippen molar-refractivity contribution >= 4 is 0 Å². The quantitative estimate of drug-likeness (QED) is 0.881. The van der Waals surface area contributed by atoms with E-state index in [0.29, 0.717) is 5.82 Å². The van der Waals surface area contributed by atoms with Crippen LogP contribution in [0, 0.1) is 0 Å². The number of aryl methyl sites for hydroxylation is 1. The van der Waals surface area contributed by atoms with Crippen LogP contribution in [-0.2, 0) is 6.42 Å². The molecule has 0 aliphatic heterocycles. The van der Waals surface area contributed by atoms with Crippen molar-refractivity contribution in [1.29, 1.82) is 0 Å². The summed E-state index contributed by atoms with van der Waals surface area (Å²) in [4.78, 5) is 4.45. The molecule has 0 unspecified atom stereocenters. The molecule has 0 bridgehead atoms. The van der Waals surface area contributed by atoms with E-state index in [-0.39, 0.29) is 0 Å². The van der Waals surface area contributed by atoms with E-state index >= 15 is 0 Å². The average molecular weight is 247 g/mol. The summed E-state index contributed by atoms with van der Waals surface area (Å²) < 4.78 is 10.5. The number of aromatic amines is 1. The van der Waals surface area contributed by atoms with E-state index in [1.807, 2.05) is 18.2 Å². The van der Waals surface area contributed by atoms with E-state index in [4.69, 9.17) is 9.47 Å². The average Bonchev–Trinajstić information content (AvgIpc) is 2.87. The third kappa shape index (κ3) is 2.45. The van der Waals surface area contributed by atoms with Gasteiger partial charge in [0.05, 0.1) is 19.8 Å². The van der Waals surface area contributed by atoms with Crippen LogP contribution in [-0.4, -0.2) is 29.4 Å². The first-order chi connectivity index (χ1) is 8.78. The zero-order chi connectivity index (χ0) is 13.0. The molecular formula is C13H17N3O2. The molecule has 0 amide bonds. The van der Waals surface area contributed by atoms with Crippen LogP contribution in [0.5, 0.6) is 11.5 Å². The van der Waals surface area contributed by atoms with Crippen molar-refractivity contribution in [2.45, 2.75) is 19.8 Å². The molecule has 1 heterocycles. The Bertz CT molecular complexity index is 523. The summed E-state index contributed by atoms with van der Waals surface area (Å²) in [6.07, 6.45) is 1.92. The largest absolute Gasteiger partial charge is 0.497 e. The maximum Gasteiger partial charge on any atom is 0.185 e. The Kier molecular flexibility index (Phi) is 3.82. The van der Waals surface area contributed by atoms with Gasteiger partial charge in [-0.15, -0.1) is 0 Å². The normalized spacial score (nSPS) is 10.4. The number of methoxy groups -OCH3 is 2. The third-order valence-electron chi connectivity index (χ3n) is 2.67. The van der Waals surface area contributed by atoms with Crippen molar-refractivity contribution in [3.8, 4) is 22.9 Å². The second-order valence-electron chi connectivity index (χ2n) is 3.92. The molecule has 0 fully saturated rings. The maximum atomic E-state index is 5.32. The summed E-state index contributed by atoms with van der Waals surface area (Å²) in [6.45, 7) is 2.11. The van der Waals surface area contributed by atoms with E-state index in [1.165, 1.54) is 0 Å². The van der Waals surface area contributed by atoms with Gasteiger partial charge in [0.2, 0.25) is 0 Å². The Morgan fingerprint density at radius 2 is 2.06 bits per heavy atom. The van der Waals surface area contributed by atoms with E-state index in [1.54, 1.807) is 14.2 Å². The van der Waals surface area contributed by atoms with Crippen LogP contribution in [0.1, 0.15) is 19.2 Å². The lowest BCUT2D eigenvalue weighted by Gasteiger charge is -2.07. The second kappa shape index (κ2) is 5.53. The van der Waals surface area contributed by atoms with E-state index in [2.05, 4.69) is 22.1 Å². The highest BCUT2D eigenvalue weighted by Gasteiger charge is 2.12. The van der Waals surface area contributed by atoms with E-state index in [9.17, 15) is 0 Å². The fraction of sp³-hybridized carbons (Fsp3) is 0.385. The number of aromatic nitrogens is 3. The molecule has 18 heavy (non-hydrogen) atoms. The molecule has 0 aliphatic carbocycles. The van der Waals surface area contributed by atoms with E-state index < -0.39 is 0 Å². The van der Waals surface area contributed by atoms with Gasteiger partial charge in [0, 0.05) is 6.42 Å². The van der Waals surface area contributed by atoms with Gasteiger partial charge >= 0.3 is 0 Å². The summed E-state index contributed by atoms with van der Waals surface area (Å²) in [7, 11) is 3.26. The minimum atomic E-state index is 0.634. The SMILES string of the molecule is CCCc1nc(-c2cc(OC)ccc2OC)n[nH]1. The molecule has 0 aliphatic rings. The summed E-state index contributed by atoms with van der Waals surface area (Å²) in [6, 6.07) is 5.57. The van der Waals surface area contributed by atoms with Crippen LogP contribution < -0.4 is 9.47 Å². The molecule has 1 aromatic carbocycles. The number of nitrogens with zero attached hydrogens (tertiary/aromatic N) is 2. The zero-order valence-electron chi connectivity index (χ0n) is 10.9. The molecule has 0 saturated carbocycles. The lowest BCUT2D eigenvalue weighted by atomic mass is 10.2. The van der Waals surface area contributed by atoms with Crippen LogP contribution in [0.3, 0.4) is 0 Å². The minimum absolute atomic E-state index is 0.634. The summed E-state index contributed by atoms with van der Waals surface area (Å²) in [5, 5.41) is 7.15. The highest BCUT2D eigenvalue weighted by Crippen LogP contribution is 2.31. The van der Waals surface area contributed by atoms with Crippen molar-refractivity contribution in [2.75, 3.05) is 14.2 Å². The molecule has 2 aromatic rings. The Morgan fingerprint density at radius 3 is 2.72 bits per heavy atom. The smallest absolute Gasteiger partial charge is 0.185 e. The van der Waals surface area contributed by atoms with Gasteiger partial charge in [-0.25, -0.2) is 4.98 Å². The summed E-state index contributed by atoms with van der Waals surface area (Å²) in [5.41, 5.74) is 0.829. The predicted octanol–water partition coefficient (Wildman–Crippen LogP) is 2.44. The highest BCUT2D eigenvalue weighted by atomic mass is 16.5. The van der Waals surface area contributed by atoms with Gasteiger partial charge in [0.15, 0.2) is 5.82 Å². The number of hydrogen-bond acceptors (Lipinski definition) is 4. The number of ether oxygens (including phenoxy) is 2. The van der Waals surface area contributed by atoms with Crippen LogP contribution >= 0.6 is 0 Å². The minimum Gasteiger partial charge on any atom is -0.497 e. The molecule has 0 saturated heterocycles. The molecule has 0 spiro atoms. The Labute approximate surface area is 106 Å². The first-order valence-corrected chi connectivity index (χ1v) is 5.92. The monoisotopic (exact) mass is 247 g/mol. The molecule has 1 N–H and O–H groups in total. The van der Waals surface area contributed by atoms with Gasteiger partial charge in [0.1, 0.15) is 17.3 Å². The predicted molar refractivity (Wildman–Crippen MR) is 68.9 cm³/mol. The fourth-order valence-electron chi connectivity index (χ4n) is 1.75. The molecular weight excluding hydrogens is 230 g/mol. The zero-order valence-corrected chi connectivity index (χ0v) is 10.9. The molecule has 1 aromatic heterocycles. The Hall–Kier alpha value is -2.04. The van der Waals surface area contributed by atoms with Gasteiger partial charge < -0.3 is 9.47 Å². The molecule has 2 rings (SSSR count). The summed E-state index contributed by atoms with van der Waals surface area (Å²) >= 11 is 0. The lowest BCUT2D eigenvalue weighted by Crippen LogP contribution is -1.92. The van der Waals surface area contributed by atoms with Gasteiger partial charge in [-0.1, -0.05) is 6.92 Å². The van der Waals surface area contributed by atoms with Gasteiger partial charge in [0.25, 0.3) is 0 Å². The first kappa shape index (κ1) is 12.4. The van der Waals surface area contributed by atoms with Gasteiger partial charge in [-0.05, 0) is 24.6 Å². The van der Waals surface area contributed by atoms with Crippen molar-refractivity contribution in [1.82, 2.24) is 15.2 Å². The van der Waals surface area contributed by atoms with Crippen LogP contribution in [0.4, 0.5) is 0 Å². The molecule has 0 atom stereocenters.